The molecular formula is C23H31N3O5S. The summed E-state index contributed by atoms with van der Waals surface area (Å²) in [5.41, 5.74) is 2.26. The summed E-state index contributed by atoms with van der Waals surface area (Å²) in [6, 6.07) is 10.4. The van der Waals surface area contributed by atoms with E-state index in [1.54, 1.807) is 30.3 Å². The van der Waals surface area contributed by atoms with E-state index in [0.717, 1.165) is 31.1 Å². The minimum Gasteiger partial charge on any atom is -0.504 e. The predicted molar refractivity (Wildman–Crippen MR) is 124 cm³/mol. The highest BCUT2D eigenvalue weighted by Gasteiger charge is 2.19. The molecule has 0 radical (unpaired) electrons. The Morgan fingerprint density at radius 1 is 1.12 bits per heavy atom. The highest BCUT2D eigenvalue weighted by atomic mass is 32.2. The van der Waals surface area contributed by atoms with E-state index in [4.69, 9.17) is 4.74 Å². The SMILES string of the molecule is CCOc1cccc(CNCc2cc(NS(C)(=O)=O)cc(C(=O)N3CCCCC3)c2)c1O. The number of para-hydroxylation sites is 1. The predicted octanol–water partition coefficient (Wildman–Crippen LogP) is 3.08. The molecular weight excluding hydrogens is 430 g/mol. The van der Waals surface area contributed by atoms with E-state index in [2.05, 4.69) is 10.0 Å². The van der Waals surface area contributed by atoms with Crippen molar-refractivity contribution in [1.29, 1.82) is 0 Å². The zero-order valence-corrected chi connectivity index (χ0v) is 19.4. The molecule has 1 saturated heterocycles. The molecule has 1 fully saturated rings. The molecule has 3 N–H and O–H groups in total. The molecule has 0 bridgehead atoms. The second-order valence-corrected chi connectivity index (χ2v) is 9.69. The maximum atomic E-state index is 13.0. The third-order valence-corrected chi connectivity index (χ3v) is 5.82. The van der Waals surface area contributed by atoms with Crippen LogP contribution in [0.15, 0.2) is 36.4 Å². The van der Waals surface area contributed by atoms with Crippen LogP contribution in [0.5, 0.6) is 11.5 Å². The van der Waals surface area contributed by atoms with E-state index in [9.17, 15) is 18.3 Å². The van der Waals surface area contributed by atoms with Crippen LogP contribution in [0, 0.1) is 0 Å². The van der Waals surface area contributed by atoms with E-state index in [-0.39, 0.29) is 11.7 Å². The quantitative estimate of drug-likeness (QED) is 0.530. The number of nitrogens with zero attached hydrogens (tertiary/aromatic N) is 1. The number of hydrogen-bond acceptors (Lipinski definition) is 6. The van der Waals surface area contributed by atoms with Gasteiger partial charge in [-0.3, -0.25) is 9.52 Å². The Bertz CT molecular complexity index is 1050. The largest absolute Gasteiger partial charge is 0.504 e. The summed E-state index contributed by atoms with van der Waals surface area (Å²) < 4.78 is 31.4. The Labute approximate surface area is 189 Å². The number of ether oxygens (including phenoxy) is 1. The number of rotatable bonds is 9. The maximum Gasteiger partial charge on any atom is 0.253 e. The molecule has 8 nitrogen and oxygen atoms in total. The third kappa shape index (κ3) is 6.61. The molecule has 0 atom stereocenters. The number of carbonyl (C=O) groups is 1. The molecule has 1 heterocycles. The Morgan fingerprint density at radius 3 is 2.56 bits per heavy atom. The van der Waals surface area contributed by atoms with Gasteiger partial charge in [-0.15, -0.1) is 0 Å². The van der Waals surface area contributed by atoms with Crippen LogP contribution in [0.3, 0.4) is 0 Å². The number of likely N-dealkylation sites (tertiary alicyclic amines) is 1. The van der Waals surface area contributed by atoms with E-state index in [1.807, 2.05) is 17.9 Å². The average molecular weight is 462 g/mol. The molecule has 3 rings (SSSR count). The lowest BCUT2D eigenvalue weighted by molar-refractivity contribution is 0.0724. The Balaban J connectivity index is 1.77. The van der Waals surface area contributed by atoms with Crippen molar-refractivity contribution >= 4 is 21.6 Å². The van der Waals surface area contributed by atoms with Crippen molar-refractivity contribution in [2.45, 2.75) is 39.3 Å². The monoisotopic (exact) mass is 461 g/mol. The number of carbonyl (C=O) groups excluding carboxylic acids is 1. The molecule has 1 aliphatic rings. The van der Waals surface area contributed by atoms with Crippen molar-refractivity contribution in [3.8, 4) is 11.5 Å². The van der Waals surface area contributed by atoms with Crippen LogP contribution in [0.1, 0.15) is 47.7 Å². The fourth-order valence-electron chi connectivity index (χ4n) is 3.79. The molecule has 0 spiro atoms. The molecule has 9 heteroatoms. The summed E-state index contributed by atoms with van der Waals surface area (Å²) in [6.45, 7) is 4.50. The van der Waals surface area contributed by atoms with Crippen LogP contribution in [0.4, 0.5) is 5.69 Å². The Kier molecular flexibility index (Phi) is 7.98. The van der Waals surface area contributed by atoms with Gasteiger partial charge in [-0.1, -0.05) is 12.1 Å². The van der Waals surface area contributed by atoms with Gasteiger partial charge in [-0.05, 0) is 56.0 Å². The zero-order valence-electron chi connectivity index (χ0n) is 18.6. The van der Waals surface area contributed by atoms with Gasteiger partial charge in [0.1, 0.15) is 0 Å². The highest BCUT2D eigenvalue weighted by Crippen LogP contribution is 2.29. The van der Waals surface area contributed by atoms with Crippen molar-refractivity contribution in [2.24, 2.45) is 0 Å². The molecule has 0 saturated carbocycles. The lowest BCUT2D eigenvalue weighted by Crippen LogP contribution is -2.35. The van der Waals surface area contributed by atoms with Gasteiger partial charge in [0.15, 0.2) is 11.5 Å². The van der Waals surface area contributed by atoms with Crippen LogP contribution < -0.4 is 14.8 Å². The van der Waals surface area contributed by atoms with Crippen molar-refractivity contribution in [3.05, 3.63) is 53.1 Å². The molecule has 0 aromatic heterocycles. The second kappa shape index (κ2) is 10.7. The third-order valence-electron chi connectivity index (χ3n) is 5.21. The fraction of sp³-hybridized carbons (Fsp3) is 0.435. The van der Waals surface area contributed by atoms with Gasteiger partial charge in [-0.25, -0.2) is 8.42 Å². The topological polar surface area (TPSA) is 108 Å². The summed E-state index contributed by atoms with van der Waals surface area (Å²) >= 11 is 0. The van der Waals surface area contributed by atoms with Crippen molar-refractivity contribution in [2.75, 3.05) is 30.7 Å². The summed E-state index contributed by atoms with van der Waals surface area (Å²) in [4.78, 5) is 14.8. The van der Waals surface area contributed by atoms with Gasteiger partial charge >= 0.3 is 0 Å². The number of hydrogen-bond donors (Lipinski definition) is 3. The van der Waals surface area contributed by atoms with Gasteiger partial charge in [0.05, 0.1) is 12.9 Å². The Morgan fingerprint density at radius 2 is 1.88 bits per heavy atom. The number of piperidine rings is 1. The first-order chi connectivity index (χ1) is 15.3. The number of anilines is 1. The van der Waals surface area contributed by atoms with Crippen molar-refractivity contribution in [1.82, 2.24) is 10.2 Å². The van der Waals surface area contributed by atoms with Crippen LogP contribution in [0.2, 0.25) is 0 Å². The summed E-state index contributed by atoms with van der Waals surface area (Å²) in [6.07, 6.45) is 4.15. The van der Waals surface area contributed by atoms with Crippen LogP contribution in [-0.4, -0.2) is 50.3 Å². The van der Waals surface area contributed by atoms with Crippen molar-refractivity contribution in [3.63, 3.8) is 0 Å². The molecule has 2 aromatic rings. The van der Waals surface area contributed by atoms with Gasteiger partial charge < -0.3 is 20.1 Å². The number of aromatic hydroxyl groups is 1. The van der Waals surface area contributed by atoms with E-state index in [0.29, 0.717) is 55.3 Å². The summed E-state index contributed by atoms with van der Waals surface area (Å²) in [5.74, 6) is 0.432. The van der Waals surface area contributed by atoms with Gasteiger partial charge in [0, 0.05) is 43.0 Å². The normalized spacial score (nSPS) is 14.2. The fourth-order valence-corrected chi connectivity index (χ4v) is 4.34. The number of nitrogens with one attached hydrogen (secondary N) is 2. The van der Waals surface area contributed by atoms with Crippen LogP contribution in [0.25, 0.3) is 0 Å². The summed E-state index contributed by atoms with van der Waals surface area (Å²) in [7, 11) is -3.48. The van der Waals surface area contributed by atoms with Crippen LogP contribution in [-0.2, 0) is 23.1 Å². The maximum absolute atomic E-state index is 13.0. The lowest BCUT2D eigenvalue weighted by Gasteiger charge is -2.27. The molecule has 174 valence electrons. The number of benzene rings is 2. The number of amides is 1. The minimum atomic E-state index is -3.48. The zero-order chi connectivity index (χ0) is 23.1. The highest BCUT2D eigenvalue weighted by molar-refractivity contribution is 7.92. The molecule has 1 aliphatic heterocycles. The lowest BCUT2D eigenvalue weighted by atomic mass is 10.1. The molecule has 2 aromatic carbocycles. The van der Waals surface area contributed by atoms with Gasteiger partial charge in [0.2, 0.25) is 10.0 Å². The minimum absolute atomic E-state index is 0.0924. The van der Waals surface area contributed by atoms with Crippen LogP contribution >= 0.6 is 0 Å². The molecule has 1 amide bonds. The Hall–Kier alpha value is -2.78. The number of phenolic OH excluding ortho intramolecular Hbond substituents is 1. The van der Waals surface area contributed by atoms with E-state index in [1.165, 1.54) is 0 Å². The molecule has 0 aliphatic carbocycles. The van der Waals surface area contributed by atoms with E-state index >= 15 is 0 Å². The number of sulfonamides is 1. The molecule has 32 heavy (non-hydrogen) atoms. The van der Waals surface area contributed by atoms with Gasteiger partial charge in [0.25, 0.3) is 5.91 Å². The average Bonchev–Trinajstić information content (AvgIpc) is 2.75. The second-order valence-electron chi connectivity index (χ2n) is 7.95. The van der Waals surface area contributed by atoms with Gasteiger partial charge in [-0.2, -0.15) is 0 Å². The first kappa shape index (κ1) is 23.9. The van der Waals surface area contributed by atoms with E-state index < -0.39 is 10.0 Å². The van der Waals surface area contributed by atoms with Crippen molar-refractivity contribution < 1.29 is 23.1 Å². The smallest absolute Gasteiger partial charge is 0.253 e. The summed E-state index contributed by atoms with van der Waals surface area (Å²) in [5, 5.41) is 13.6. The first-order valence-corrected chi connectivity index (χ1v) is 12.7. The molecule has 0 unspecified atom stereocenters. The number of phenols is 1. The first-order valence-electron chi connectivity index (χ1n) is 10.8. The standard InChI is InChI=1S/C23H31N3O5S/c1-3-31-21-9-7-8-18(22(21)27)16-24-15-17-12-19(14-20(13-17)25-32(2,29)30)23(28)26-10-5-4-6-11-26/h7-9,12-14,24-25,27H,3-6,10-11,15-16H2,1-2H3.